The Morgan fingerprint density at radius 3 is 2.86 bits per heavy atom. The van der Waals surface area contributed by atoms with Crippen molar-refractivity contribution in [2.75, 3.05) is 30.5 Å². The zero-order valence-corrected chi connectivity index (χ0v) is 12.8. The third-order valence-corrected chi connectivity index (χ3v) is 4.51. The molecule has 1 saturated heterocycles. The molecule has 1 heterocycles. The summed E-state index contributed by atoms with van der Waals surface area (Å²) in [7, 11) is 1.48. The van der Waals surface area contributed by atoms with Crippen LogP contribution in [-0.2, 0) is 0 Å². The Bertz CT molecular complexity index is 550. The Hall–Kier alpha value is -1.89. The zero-order valence-electron chi connectivity index (χ0n) is 12.0. The number of carbonyl (C=O) groups is 2. The van der Waals surface area contributed by atoms with Crippen molar-refractivity contribution in [3.8, 4) is 5.75 Å². The third kappa shape index (κ3) is 3.60. The molecule has 2 N–H and O–H groups in total. The number of carboxylic acids is 1. The van der Waals surface area contributed by atoms with Crippen LogP contribution in [0, 0.1) is 0 Å². The summed E-state index contributed by atoms with van der Waals surface area (Å²) in [6.07, 6.45) is 0. The molecular weight excluding hydrogens is 292 g/mol. The van der Waals surface area contributed by atoms with Gasteiger partial charge in [0.15, 0.2) is 0 Å². The number of benzene rings is 1. The van der Waals surface area contributed by atoms with Gasteiger partial charge in [-0.05, 0) is 25.1 Å². The van der Waals surface area contributed by atoms with Crippen molar-refractivity contribution in [1.29, 1.82) is 0 Å². The molecular formula is C14H18N2O4S. The van der Waals surface area contributed by atoms with E-state index in [0.717, 1.165) is 11.5 Å². The van der Waals surface area contributed by atoms with E-state index in [2.05, 4.69) is 5.32 Å². The van der Waals surface area contributed by atoms with Crippen LogP contribution in [0.2, 0.25) is 0 Å². The number of carbonyl (C=O) groups excluding carboxylic acids is 1. The summed E-state index contributed by atoms with van der Waals surface area (Å²) in [6.45, 7) is 2.68. The molecule has 0 spiro atoms. The molecule has 2 rings (SSSR count). The summed E-state index contributed by atoms with van der Waals surface area (Å²) in [5.41, 5.74) is 0.473. The summed E-state index contributed by atoms with van der Waals surface area (Å²) in [6, 6.07) is 4.30. The molecule has 0 saturated carbocycles. The molecule has 6 nitrogen and oxygen atoms in total. The van der Waals surface area contributed by atoms with Gasteiger partial charge in [-0.15, -0.1) is 0 Å². The quantitative estimate of drug-likeness (QED) is 0.896. The molecule has 1 fully saturated rings. The zero-order chi connectivity index (χ0) is 15.4. The predicted octanol–water partition coefficient (Wildman–Crippen LogP) is 2.36. The first-order valence-corrected chi connectivity index (χ1v) is 7.75. The highest BCUT2D eigenvalue weighted by atomic mass is 32.2. The molecule has 0 bridgehead atoms. The molecule has 0 radical (unpaired) electrons. The highest BCUT2D eigenvalue weighted by molar-refractivity contribution is 7.99. The van der Waals surface area contributed by atoms with Crippen molar-refractivity contribution >= 4 is 29.4 Å². The number of amides is 2. The minimum absolute atomic E-state index is 0.105. The van der Waals surface area contributed by atoms with Crippen molar-refractivity contribution < 1.29 is 19.4 Å². The number of rotatable bonds is 3. The largest absolute Gasteiger partial charge is 0.495 e. The van der Waals surface area contributed by atoms with Gasteiger partial charge in [0.2, 0.25) is 0 Å². The first kappa shape index (κ1) is 15.5. The van der Waals surface area contributed by atoms with Gasteiger partial charge in [-0.25, -0.2) is 9.59 Å². The molecule has 114 valence electrons. The van der Waals surface area contributed by atoms with Crippen LogP contribution in [0.3, 0.4) is 0 Å². The number of hydrogen-bond donors (Lipinski definition) is 2. The van der Waals surface area contributed by atoms with E-state index in [1.165, 1.54) is 25.3 Å². The molecule has 7 heteroatoms. The summed E-state index contributed by atoms with van der Waals surface area (Å²) in [5.74, 6) is 1.20. The van der Waals surface area contributed by atoms with Crippen LogP contribution >= 0.6 is 11.8 Å². The van der Waals surface area contributed by atoms with Crippen LogP contribution in [0.25, 0.3) is 0 Å². The van der Waals surface area contributed by atoms with Crippen molar-refractivity contribution in [3.05, 3.63) is 23.8 Å². The summed E-state index contributed by atoms with van der Waals surface area (Å²) in [4.78, 5) is 25.1. The maximum atomic E-state index is 12.3. The second-order valence-corrected chi connectivity index (χ2v) is 5.92. The number of hydrogen-bond acceptors (Lipinski definition) is 4. The van der Waals surface area contributed by atoms with Gasteiger partial charge in [0.05, 0.1) is 18.4 Å². The van der Waals surface area contributed by atoms with E-state index < -0.39 is 5.97 Å². The van der Waals surface area contributed by atoms with Gasteiger partial charge in [-0.1, -0.05) is 0 Å². The van der Waals surface area contributed by atoms with Gasteiger partial charge in [0.1, 0.15) is 5.75 Å². The number of anilines is 1. The molecule has 1 aromatic rings. The number of carboxylic acid groups (broad SMARTS) is 1. The first-order valence-electron chi connectivity index (χ1n) is 6.59. The van der Waals surface area contributed by atoms with Crippen LogP contribution in [0.15, 0.2) is 18.2 Å². The molecule has 1 atom stereocenters. The van der Waals surface area contributed by atoms with E-state index >= 15 is 0 Å². The number of methoxy groups -OCH3 is 1. The lowest BCUT2D eigenvalue weighted by atomic mass is 10.2. The summed E-state index contributed by atoms with van der Waals surface area (Å²) in [5, 5.41) is 11.8. The molecule has 1 unspecified atom stereocenters. The van der Waals surface area contributed by atoms with E-state index in [9.17, 15) is 9.59 Å². The molecule has 0 aromatic heterocycles. The average Bonchev–Trinajstić information content (AvgIpc) is 2.47. The minimum Gasteiger partial charge on any atom is -0.495 e. The number of aromatic carboxylic acids is 1. The Kier molecular flexibility index (Phi) is 4.95. The highest BCUT2D eigenvalue weighted by Gasteiger charge is 2.24. The van der Waals surface area contributed by atoms with Crippen LogP contribution in [0.1, 0.15) is 17.3 Å². The standard InChI is InChI=1S/C14H18N2O4S/c1-9-8-21-6-5-16(9)14(19)15-11-7-10(13(17)18)3-4-12(11)20-2/h3-4,7,9H,5-6,8H2,1-2H3,(H,15,19)(H,17,18). The normalized spacial score (nSPS) is 18.2. The molecule has 1 aromatic carbocycles. The fourth-order valence-electron chi connectivity index (χ4n) is 2.15. The van der Waals surface area contributed by atoms with E-state index in [1.807, 2.05) is 18.7 Å². The molecule has 1 aliphatic heterocycles. The predicted molar refractivity (Wildman–Crippen MR) is 82.5 cm³/mol. The van der Waals surface area contributed by atoms with Crippen molar-refractivity contribution in [1.82, 2.24) is 4.90 Å². The number of urea groups is 1. The maximum Gasteiger partial charge on any atom is 0.335 e. The van der Waals surface area contributed by atoms with E-state index in [-0.39, 0.29) is 17.6 Å². The lowest BCUT2D eigenvalue weighted by Gasteiger charge is -2.33. The van der Waals surface area contributed by atoms with Crippen molar-refractivity contribution in [3.63, 3.8) is 0 Å². The van der Waals surface area contributed by atoms with E-state index in [4.69, 9.17) is 9.84 Å². The number of thioether (sulfide) groups is 1. The van der Waals surface area contributed by atoms with Crippen molar-refractivity contribution in [2.24, 2.45) is 0 Å². The fourth-order valence-corrected chi connectivity index (χ4v) is 3.17. The molecule has 21 heavy (non-hydrogen) atoms. The highest BCUT2D eigenvalue weighted by Crippen LogP contribution is 2.26. The van der Waals surface area contributed by atoms with Gasteiger partial charge in [-0.3, -0.25) is 0 Å². The van der Waals surface area contributed by atoms with Gasteiger partial charge < -0.3 is 20.1 Å². The number of nitrogens with zero attached hydrogens (tertiary/aromatic N) is 1. The van der Waals surface area contributed by atoms with Gasteiger partial charge in [-0.2, -0.15) is 11.8 Å². The molecule has 1 aliphatic rings. The van der Waals surface area contributed by atoms with Gasteiger partial charge in [0, 0.05) is 24.1 Å². The number of nitrogens with one attached hydrogen (secondary N) is 1. The monoisotopic (exact) mass is 310 g/mol. The van der Waals surface area contributed by atoms with Crippen molar-refractivity contribution in [2.45, 2.75) is 13.0 Å². The second kappa shape index (κ2) is 6.71. The smallest absolute Gasteiger partial charge is 0.335 e. The SMILES string of the molecule is COc1ccc(C(=O)O)cc1NC(=O)N1CCSCC1C. The van der Waals surface area contributed by atoms with Crippen LogP contribution in [-0.4, -0.2) is 53.2 Å². The topological polar surface area (TPSA) is 78.9 Å². The first-order chi connectivity index (χ1) is 10.0. The van der Waals surface area contributed by atoms with Gasteiger partial charge in [0.25, 0.3) is 0 Å². The Balaban J connectivity index is 2.19. The molecule has 0 aliphatic carbocycles. The third-order valence-electron chi connectivity index (χ3n) is 3.32. The fraction of sp³-hybridized carbons (Fsp3) is 0.429. The minimum atomic E-state index is -1.05. The van der Waals surface area contributed by atoms with E-state index in [1.54, 1.807) is 4.90 Å². The van der Waals surface area contributed by atoms with Gasteiger partial charge >= 0.3 is 12.0 Å². The Morgan fingerprint density at radius 1 is 1.48 bits per heavy atom. The summed E-state index contributed by atoms with van der Waals surface area (Å²) >= 11 is 1.82. The lowest BCUT2D eigenvalue weighted by Crippen LogP contribution is -2.46. The average molecular weight is 310 g/mol. The van der Waals surface area contributed by atoms with Crippen LogP contribution in [0.4, 0.5) is 10.5 Å². The Labute approximate surface area is 127 Å². The summed E-state index contributed by atoms with van der Waals surface area (Å²) < 4.78 is 5.16. The Morgan fingerprint density at radius 2 is 2.24 bits per heavy atom. The lowest BCUT2D eigenvalue weighted by molar-refractivity contribution is 0.0697. The van der Waals surface area contributed by atoms with E-state index in [0.29, 0.717) is 18.0 Å². The van der Waals surface area contributed by atoms with Crippen LogP contribution < -0.4 is 10.1 Å². The second-order valence-electron chi connectivity index (χ2n) is 4.77. The van der Waals surface area contributed by atoms with Crippen LogP contribution in [0.5, 0.6) is 5.75 Å². The maximum absolute atomic E-state index is 12.3. The number of ether oxygens (including phenoxy) is 1. The molecule has 2 amide bonds.